The number of halogens is 2. The summed E-state index contributed by atoms with van der Waals surface area (Å²) in [5, 5.41) is 3.74. The van der Waals surface area contributed by atoms with E-state index in [1.807, 2.05) is 24.3 Å². The Balaban J connectivity index is 1.38. The molecule has 0 unspecified atom stereocenters. The van der Waals surface area contributed by atoms with Gasteiger partial charge >= 0.3 is 0 Å². The lowest BCUT2D eigenvalue weighted by Gasteiger charge is -2.32. The smallest absolute Gasteiger partial charge is 0.258 e. The third-order valence-corrected chi connectivity index (χ3v) is 4.69. The second kappa shape index (κ2) is 9.01. The number of likely N-dealkylation sites (tertiary alicyclic amines) is 1. The van der Waals surface area contributed by atoms with Crippen LogP contribution >= 0.6 is 11.6 Å². The standard InChI is InChI=1S/C20H22ClFN2O2/c21-16-6-4-15(5-7-16)13-24-10-8-18(9-11-24)23-20(25)14-26-19-3-1-2-17(22)12-19/h1-7,12,18H,8-11,13-14H2,(H,23,25). The largest absolute Gasteiger partial charge is 0.484 e. The molecule has 1 heterocycles. The molecule has 1 amide bonds. The second-order valence-electron chi connectivity index (χ2n) is 6.49. The Hall–Kier alpha value is -2.11. The molecule has 0 saturated carbocycles. The van der Waals surface area contributed by atoms with Gasteiger partial charge in [-0.1, -0.05) is 29.8 Å². The summed E-state index contributed by atoms with van der Waals surface area (Å²) in [5.74, 6) is -0.195. The Bertz CT molecular complexity index is 731. The first-order valence-corrected chi connectivity index (χ1v) is 9.11. The molecule has 6 heteroatoms. The van der Waals surface area contributed by atoms with Crippen LogP contribution in [0.25, 0.3) is 0 Å². The summed E-state index contributed by atoms with van der Waals surface area (Å²) < 4.78 is 18.4. The number of carbonyl (C=O) groups is 1. The summed E-state index contributed by atoms with van der Waals surface area (Å²) in [6.45, 7) is 2.64. The molecule has 0 spiro atoms. The van der Waals surface area contributed by atoms with Crippen molar-refractivity contribution in [3.63, 3.8) is 0 Å². The fraction of sp³-hybridized carbons (Fsp3) is 0.350. The molecule has 0 radical (unpaired) electrons. The maximum Gasteiger partial charge on any atom is 0.258 e. The van der Waals surface area contributed by atoms with Gasteiger partial charge in [-0.25, -0.2) is 4.39 Å². The van der Waals surface area contributed by atoms with Crippen molar-refractivity contribution in [1.82, 2.24) is 10.2 Å². The highest BCUT2D eigenvalue weighted by atomic mass is 35.5. The van der Waals surface area contributed by atoms with Gasteiger partial charge in [-0.3, -0.25) is 9.69 Å². The van der Waals surface area contributed by atoms with Crippen LogP contribution in [-0.4, -0.2) is 36.5 Å². The molecule has 1 aliphatic heterocycles. The topological polar surface area (TPSA) is 41.6 Å². The molecule has 138 valence electrons. The van der Waals surface area contributed by atoms with Crippen LogP contribution in [0.2, 0.25) is 5.02 Å². The molecule has 1 saturated heterocycles. The van der Waals surface area contributed by atoms with Gasteiger partial charge in [-0.2, -0.15) is 0 Å². The Morgan fingerprint density at radius 3 is 2.62 bits per heavy atom. The first-order valence-electron chi connectivity index (χ1n) is 8.73. The molecule has 0 aliphatic carbocycles. The maximum absolute atomic E-state index is 13.1. The third kappa shape index (κ3) is 5.71. The van der Waals surface area contributed by atoms with E-state index in [0.29, 0.717) is 5.75 Å². The number of ether oxygens (including phenoxy) is 1. The van der Waals surface area contributed by atoms with Crippen LogP contribution in [0.5, 0.6) is 5.75 Å². The zero-order valence-corrected chi connectivity index (χ0v) is 15.2. The average molecular weight is 377 g/mol. The normalized spacial score (nSPS) is 15.6. The molecule has 1 N–H and O–H groups in total. The Kier molecular flexibility index (Phi) is 6.47. The van der Waals surface area contributed by atoms with Gasteiger partial charge in [0, 0.05) is 36.8 Å². The van der Waals surface area contributed by atoms with Crippen LogP contribution in [0.4, 0.5) is 4.39 Å². The third-order valence-electron chi connectivity index (χ3n) is 4.44. The highest BCUT2D eigenvalue weighted by Gasteiger charge is 2.20. The maximum atomic E-state index is 13.1. The number of benzene rings is 2. The molecular formula is C20H22ClFN2O2. The average Bonchev–Trinajstić information content (AvgIpc) is 2.64. The lowest BCUT2D eigenvalue weighted by Crippen LogP contribution is -2.45. The van der Waals surface area contributed by atoms with E-state index in [-0.39, 0.29) is 24.4 Å². The van der Waals surface area contributed by atoms with E-state index >= 15 is 0 Å². The molecule has 1 fully saturated rings. The van der Waals surface area contributed by atoms with Crippen LogP contribution in [0.15, 0.2) is 48.5 Å². The zero-order valence-electron chi connectivity index (χ0n) is 14.5. The molecule has 2 aromatic rings. The number of piperidine rings is 1. The number of nitrogens with zero attached hydrogens (tertiary/aromatic N) is 1. The highest BCUT2D eigenvalue weighted by molar-refractivity contribution is 6.30. The minimum absolute atomic E-state index is 0.103. The van der Waals surface area contributed by atoms with Crippen molar-refractivity contribution in [3.05, 3.63) is 64.9 Å². The first kappa shape index (κ1) is 18.7. The first-order chi connectivity index (χ1) is 12.6. The molecule has 1 aliphatic rings. The Labute approximate surface area is 157 Å². The molecular weight excluding hydrogens is 355 g/mol. The summed E-state index contributed by atoms with van der Waals surface area (Å²) in [6.07, 6.45) is 1.80. The Morgan fingerprint density at radius 2 is 1.92 bits per heavy atom. The summed E-state index contributed by atoms with van der Waals surface area (Å²) in [6, 6.07) is 13.8. The van der Waals surface area contributed by atoms with Crippen molar-refractivity contribution in [3.8, 4) is 5.75 Å². The number of carbonyl (C=O) groups excluding carboxylic acids is 1. The van der Waals surface area contributed by atoms with Crippen LogP contribution in [0.3, 0.4) is 0 Å². The zero-order chi connectivity index (χ0) is 18.4. The predicted octanol–water partition coefficient (Wildman–Crippen LogP) is 3.64. The fourth-order valence-electron chi connectivity index (χ4n) is 3.06. The summed E-state index contributed by atoms with van der Waals surface area (Å²) in [5.41, 5.74) is 1.24. The van der Waals surface area contributed by atoms with Crippen LogP contribution in [-0.2, 0) is 11.3 Å². The molecule has 26 heavy (non-hydrogen) atoms. The minimum Gasteiger partial charge on any atom is -0.484 e. The van der Waals surface area contributed by atoms with Crippen LogP contribution < -0.4 is 10.1 Å². The van der Waals surface area contributed by atoms with Crippen molar-refractivity contribution >= 4 is 17.5 Å². The van der Waals surface area contributed by atoms with Crippen LogP contribution in [0, 0.1) is 5.82 Å². The van der Waals surface area contributed by atoms with Crippen molar-refractivity contribution in [2.75, 3.05) is 19.7 Å². The van der Waals surface area contributed by atoms with E-state index in [2.05, 4.69) is 10.2 Å². The van der Waals surface area contributed by atoms with Crippen molar-refractivity contribution in [2.24, 2.45) is 0 Å². The molecule has 2 aromatic carbocycles. The van der Waals surface area contributed by atoms with E-state index in [4.69, 9.17) is 16.3 Å². The second-order valence-corrected chi connectivity index (χ2v) is 6.93. The van der Waals surface area contributed by atoms with Gasteiger partial charge in [0.2, 0.25) is 0 Å². The van der Waals surface area contributed by atoms with Gasteiger partial charge in [0.05, 0.1) is 0 Å². The van der Waals surface area contributed by atoms with Gasteiger partial charge < -0.3 is 10.1 Å². The number of hydrogen-bond acceptors (Lipinski definition) is 3. The molecule has 3 rings (SSSR count). The van der Waals surface area contributed by atoms with Crippen molar-refractivity contribution < 1.29 is 13.9 Å². The molecule has 0 bridgehead atoms. The number of hydrogen-bond donors (Lipinski definition) is 1. The van der Waals surface area contributed by atoms with E-state index in [1.165, 1.54) is 17.7 Å². The van der Waals surface area contributed by atoms with Gasteiger partial charge in [0.25, 0.3) is 5.91 Å². The lowest BCUT2D eigenvalue weighted by molar-refractivity contribution is -0.124. The van der Waals surface area contributed by atoms with Crippen LogP contribution in [0.1, 0.15) is 18.4 Å². The predicted molar refractivity (Wildman–Crippen MR) is 99.8 cm³/mol. The van der Waals surface area contributed by atoms with E-state index < -0.39 is 0 Å². The molecule has 0 atom stereocenters. The number of amides is 1. The van der Waals surface area contributed by atoms with Crippen molar-refractivity contribution in [1.29, 1.82) is 0 Å². The van der Waals surface area contributed by atoms with E-state index in [1.54, 1.807) is 12.1 Å². The fourth-order valence-corrected chi connectivity index (χ4v) is 3.18. The summed E-state index contributed by atoms with van der Waals surface area (Å²) in [7, 11) is 0. The number of nitrogens with one attached hydrogen (secondary N) is 1. The van der Waals surface area contributed by atoms with Gasteiger partial charge in [-0.05, 0) is 42.7 Å². The number of rotatable bonds is 6. The highest BCUT2D eigenvalue weighted by Crippen LogP contribution is 2.16. The van der Waals surface area contributed by atoms with E-state index in [9.17, 15) is 9.18 Å². The minimum atomic E-state index is -0.379. The lowest BCUT2D eigenvalue weighted by atomic mass is 10.0. The summed E-state index contributed by atoms with van der Waals surface area (Å²) in [4.78, 5) is 14.4. The Morgan fingerprint density at radius 1 is 1.19 bits per heavy atom. The van der Waals surface area contributed by atoms with Gasteiger partial charge in [-0.15, -0.1) is 0 Å². The molecule has 0 aromatic heterocycles. The van der Waals surface area contributed by atoms with E-state index in [0.717, 1.165) is 37.5 Å². The molecule has 4 nitrogen and oxygen atoms in total. The summed E-state index contributed by atoms with van der Waals surface area (Å²) >= 11 is 5.91. The van der Waals surface area contributed by atoms with Gasteiger partial charge in [0.1, 0.15) is 11.6 Å². The SMILES string of the molecule is O=C(COc1cccc(F)c1)NC1CCN(Cc2ccc(Cl)cc2)CC1. The monoisotopic (exact) mass is 376 g/mol. The quantitative estimate of drug-likeness (QED) is 0.836. The van der Waals surface area contributed by atoms with Crippen molar-refractivity contribution in [2.45, 2.75) is 25.4 Å². The van der Waals surface area contributed by atoms with Gasteiger partial charge in [0.15, 0.2) is 6.61 Å².